The number of carbonyl (C=O) groups is 6. The third-order valence-corrected chi connectivity index (χ3v) is 6.96. The van der Waals surface area contributed by atoms with Crippen LogP contribution in [0.4, 0.5) is 0 Å². The summed E-state index contributed by atoms with van der Waals surface area (Å²) in [6.07, 6.45) is 0.525. The predicted octanol–water partition coefficient (Wildman–Crippen LogP) is -0.994. The normalized spacial score (nSPS) is 11.7. The summed E-state index contributed by atoms with van der Waals surface area (Å²) in [6.45, 7) is 0.127. The number of carbonyl (C=O) groups excluding carboxylic acids is 6. The summed E-state index contributed by atoms with van der Waals surface area (Å²) in [5.74, 6) is -9.55. The second-order valence-electron chi connectivity index (χ2n) is 10.6. The molecule has 0 spiro atoms. The van der Waals surface area contributed by atoms with E-state index in [0.29, 0.717) is 6.42 Å². The number of hydrogen-bond donors (Lipinski definition) is 12. The number of benzene rings is 3. The summed E-state index contributed by atoms with van der Waals surface area (Å²) in [7, 11) is 0. The number of para-hydroxylation sites is 3. The molecule has 0 aliphatic rings. The molecule has 2 atom stereocenters. The molecule has 0 bridgehead atoms. The molecule has 50 heavy (non-hydrogen) atoms. The second-order valence-corrected chi connectivity index (χ2v) is 10.6. The lowest BCUT2D eigenvalue weighted by molar-refractivity contribution is -0.124. The van der Waals surface area contributed by atoms with Gasteiger partial charge in [-0.15, -0.1) is 0 Å². The number of amides is 6. The molecule has 0 saturated heterocycles. The number of aromatic hydroxyl groups is 6. The fourth-order valence-electron chi connectivity index (χ4n) is 4.27. The maximum absolute atomic E-state index is 13.4. The zero-order valence-electron chi connectivity index (χ0n) is 26.5. The van der Waals surface area contributed by atoms with E-state index >= 15 is 0 Å². The maximum atomic E-state index is 13.4. The first kappa shape index (κ1) is 37.7. The predicted molar refractivity (Wildman–Crippen MR) is 173 cm³/mol. The molecule has 0 fully saturated rings. The van der Waals surface area contributed by atoms with Crippen LogP contribution in [0.1, 0.15) is 44.4 Å². The minimum Gasteiger partial charge on any atom is -0.504 e. The molecule has 12 N–H and O–H groups in total. The Morgan fingerprint density at radius 2 is 0.940 bits per heavy atom. The van der Waals surface area contributed by atoms with Crippen molar-refractivity contribution < 1.29 is 59.4 Å². The molecule has 266 valence electrons. The van der Waals surface area contributed by atoms with Crippen LogP contribution in [-0.4, -0.2) is 104 Å². The van der Waals surface area contributed by atoms with Crippen molar-refractivity contribution in [3.05, 3.63) is 71.3 Å². The Kier molecular flexibility index (Phi) is 13.2. The van der Waals surface area contributed by atoms with E-state index in [4.69, 9.17) is 0 Å². The van der Waals surface area contributed by atoms with Gasteiger partial charge in [-0.05, 0) is 42.8 Å². The van der Waals surface area contributed by atoms with Gasteiger partial charge < -0.3 is 62.5 Å². The molecule has 0 radical (unpaired) electrons. The van der Waals surface area contributed by atoms with E-state index < -0.39 is 107 Å². The summed E-state index contributed by atoms with van der Waals surface area (Å²) in [6, 6.07) is 7.68. The number of nitrogens with one attached hydrogen (secondary N) is 6. The topological polar surface area (TPSA) is 296 Å². The van der Waals surface area contributed by atoms with Crippen LogP contribution >= 0.6 is 0 Å². The highest BCUT2D eigenvalue weighted by atomic mass is 16.3. The lowest BCUT2D eigenvalue weighted by atomic mass is 10.1. The lowest BCUT2D eigenvalue weighted by Crippen LogP contribution is -2.57. The maximum Gasteiger partial charge on any atom is 0.255 e. The van der Waals surface area contributed by atoms with Gasteiger partial charge in [-0.1, -0.05) is 25.1 Å². The summed E-state index contributed by atoms with van der Waals surface area (Å²) in [5, 5.41) is 73.4. The molecule has 0 aliphatic carbocycles. The highest BCUT2D eigenvalue weighted by Crippen LogP contribution is 2.29. The van der Waals surface area contributed by atoms with Crippen LogP contribution in [0.5, 0.6) is 34.5 Å². The van der Waals surface area contributed by atoms with Crippen molar-refractivity contribution >= 4 is 35.4 Å². The van der Waals surface area contributed by atoms with E-state index in [1.807, 2.05) is 0 Å². The molecule has 6 amide bonds. The molecule has 0 aromatic heterocycles. The largest absolute Gasteiger partial charge is 0.504 e. The van der Waals surface area contributed by atoms with Crippen molar-refractivity contribution in [2.75, 3.05) is 26.2 Å². The monoisotopic (exact) mass is 696 g/mol. The Labute approximate surface area is 284 Å². The van der Waals surface area contributed by atoms with Crippen LogP contribution in [0.15, 0.2) is 54.6 Å². The third kappa shape index (κ3) is 9.89. The van der Waals surface area contributed by atoms with Gasteiger partial charge in [0.1, 0.15) is 12.1 Å². The van der Waals surface area contributed by atoms with Crippen LogP contribution in [0.2, 0.25) is 0 Å². The van der Waals surface area contributed by atoms with Gasteiger partial charge >= 0.3 is 0 Å². The van der Waals surface area contributed by atoms with Gasteiger partial charge in [-0.25, -0.2) is 0 Å². The van der Waals surface area contributed by atoms with E-state index in [1.165, 1.54) is 30.3 Å². The summed E-state index contributed by atoms with van der Waals surface area (Å²) in [5.41, 5.74) is -1.12. The van der Waals surface area contributed by atoms with Crippen LogP contribution in [0.3, 0.4) is 0 Å². The second kappa shape index (κ2) is 17.4. The Balaban J connectivity index is 1.75. The SMILES string of the molecule is CCCNC(=O)[C@H](CNC(=O)[C@H](CNC(=O)CNC(=O)c1cccc(O)c1O)NC(=O)c1cccc(O)c1O)NC(=O)c1cccc(O)c1O. The lowest BCUT2D eigenvalue weighted by Gasteiger charge is -2.23. The number of rotatable bonds is 15. The molecule has 0 heterocycles. The van der Waals surface area contributed by atoms with Gasteiger partial charge in [0.15, 0.2) is 34.5 Å². The highest BCUT2D eigenvalue weighted by Gasteiger charge is 2.28. The van der Waals surface area contributed by atoms with Gasteiger partial charge in [0.25, 0.3) is 17.7 Å². The van der Waals surface area contributed by atoms with E-state index in [0.717, 1.165) is 24.3 Å². The number of hydrogen-bond acceptors (Lipinski definition) is 12. The molecule has 3 aromatic carbocycles. The Bertz CT molecular complexity index is 1770. The number of phenolic OH excluding ortho intramolecular Hbond substituents is 6. The average molecular weight is 697 g/mol. The van der Waals surface area contributed by atoms with E-state index in [1.54, 1.807) is 6.92 Å². The van der Waals surface area contributed by atoms with Crippen molar-refractivity contribution in [2.45, 2.75) is 25.4 Å². The standard InChI is InChI=1S/C32H36N6O12/c1-2-12-33-31(49)20(38-30(48)18-8-5-11-23(41)27(18)45)14-35-32(50)19(37-29(47)17-7-4-10-22(40)26(17)44)13-34-24(42)15-36-28(46)16-6-3-9-21(39)25(16)43/h3-11,19-20,39-41,43-45H,2,12-15H2,1H3,(H,33,49)(H,34,42)(H,35,50)(H,36,46)(H,37,47)(H,38,48)/t19-,20-/m0/s1. The fraction of sp³-hybridized carbons (Fsp3) is 0.250. The van der Waals surface area contributed by atoms with Crippen molar-refractivity contribution in [3.8, 4) is 34.5 Å². The molecule has 18 nitrogen and oxygen atoms in total. The Morgan fingerprint density at radius 1 is 0.540 bits per heavy atom. The third-order valence-electron chi connectivity index (χ3n) is 6.96. The highest BCUT2D eigenvalue weighted by molar-refractivity contribution is 6.02. The Hall–Kier alpha value is -6.72. The average Bonchev–Trinajstić information content (AvgIpc) is 3.09. The zero-order valence-corrected chi connectivity index (χ0v) is 26.5. The molecule has 0 aliphatic heterocycles. The van der Waals surface area contributed by atoms with Crippen LogP contribution in [0.25, 0.3) is 0 Å². The van der Waals surface area contributed by atoms with Gasteiger partial charge in [-0.2, -0.15) is 0 Å². The van der Waals surface area contributed by atoms with E-state index in [2.05, 4.69) is 31.9 Å². The molecule has 18 heteroatoms. The van der Waals surface area contributed by atoms with Crippen LogP contribution < -0.4 is 31.9 Å². The number of phenols is 6. The van der Waals surface area contributed by atoms with Gasteiger partial charge in [0, 0.05) is 19.6 Å². The quantitative estimate of drug-likeness (QED) is 0.0853. The van der Waals surface area contributed by atoms with Crippen LogP contribution in [0, 0.1) is 0 Å². The van der Waals surface area contributed by atoms with Crippen molar-refractivity contribution in [3.63, 3.8) is 0 Å². The van der Waals surface area contributed by atoms with Crippen molar-refractivity contribution in [1.82, 2.24) is 31.9 Å². The van der Waals surface area contributed by atoms with Gasteiger partial charge in [0.05, 0.1) is 23.2 Å². The first-order valence-corrected chi connectivity index (χ1v) is 15.0. The minimum atomic E-state index is -1.61. The minimum absolute atomic E-state index is 0.205. The summed E-state index contributed by atoms with van der Waals surface area (Å²) in [4.78, 5) is 77.1. The zero-order chi connectivity index (χ0) is 37.0. The smallest absolute Gasteiger partial charge is 0.255 e. The summed E-state index contributed by atoms with van der Waals surface area (Å²) < 4.78 is 0. The first-order valence-electron chi connectivity index (χ1n) is 15.0. The Morgan fingerprint density at radius 3 is 1.38 bits per heavy atom. The molecule has 3 aromatic rings. The van der Waals surface area contributed by atoms with Crippen molar-refractivity contribution in [2.24, 2.45) is 0 Å². The first-order chi connectivity index (χ1) is 23.7. The summed E-state index contributed by atoms with van der Waals surface area (Å²) >= 11 is 0. The van der Waals surface area contributed by atoms with Gasteiger partial charge in [-0.3, -0.25) is 28.8 Å². The fourth-order valence-corrected chi connectivity index (χ4v) is 4.27. The van der Waals surface area contributed by atoms with Crippen molar-refractivity contribution in [1.29, 1.82) is 0 Å². The molecular formula is C32H36N6O12. The van der Waals surface area contributed by atoms with E-state index in [9.17, 15) is 59.4 Å². The molecule has 0 unspecified atom stereocenters. The van der Waals surface area contributed by atoms with E-state index in [-0.39, 0.29) is 17.7 Å². The van der Waals surface area contributed by atoms with Crippen LogP contribution in [-0.2, 0) is 14.4 Å². The molecular weight excluding hydrogens is 660 g/mol. The molecule has 0 saturated carbocycles. The molecule has 3 rings (SSSR count). The van der Waals surface area contributed by atoms with Gasteiger partial charge in [0.2, 0.25) is 17.7 Å².